The molecule has 1 amide bonds. The summed E-state index contributed by atoms with van der Waals surface area (Å²) in [5, 5.41) is 2.71. The average molecular weight is 229 g/mol. The fourth-order valence-corrected chi connectivity index (χ4v) is 1.06. The molecule has 0 fully saturated rings. The van der Waals surface area contributed by atoms with E-state index in [1.807, 2.05) is 0 Å². The maximum atomic E-state index is 11.2. The van der Waals surface area contributed by atoms with E-state index in [4.69, 9.17) is 4.74 Å². The number of carbonyl (C=O) groups excluding carboxylic acids is 2. The largest absolute Gasteiger partial charge is 0.380 e. The van der Waals surface area contributed by atoms with Crippen LogP contribution in [0.25, 0.3) is 0 Å². The third-order valence-corrected chi connectivity index (χ3v) is 2.11. The van der Waals surface area contributed by atoms with Gasteiger partial charge in [0.2, 0.25) is 5.91 Å². The lowest BCUT2D eigenvalue weighted by molar-refractivity contribution is -0.124. The predicted octanol–water partition coefficient (Wildman–Crippen LogP) is 1.53. The summed E-state index contributed by atoms with van der Waals surface area (Å²) in [6, 6.07) is 0. The number of ether oxygens (including phenoxy) is 1. The molecule has 0 aromatic carbocycles. The summed E-state index contributed by atoms with van der Waals surface area (Å²) < 4.78 is 5.34. The van der Waals surface area contributed by atoms with Gasteiger partial charge in [0.25, 0.3) is 0 Å². The van der Waals surface area contributed by atoms with E-state index in [1.165, 1.54) is 6.92 Å². The molecule has 4 heteroatoms. The normalized spacial score (nSPS) is 10.5. The first-order valence-electron chi connectivity index (χ1n) is 5.86. The van der Waals surface area contributed by atoms with Crippen LogP contribution in [0.4, 0.5) is 0 Å². The van der Waals surface area contributed by atoms with Crippen molar-refractivity contribution in [2.45, 2.75) is 40.0 Å². The van der Waals surface area contributed by atoms with E-state index < -0.39 is 0 Å². The van der Waals surface area contributed by atoms with Crippen LogP contribution < -0.4 is 5.32 Å². The quantitative estimate of drug-likeness (QED) is 0.610. The van der Waals surface area contributed by atoms with Gasteiger partial charge in [-0.25, -0.2) is 0 Å². The summed E-state index contributed by atoms with van der Waals surface area (Å²) in [5.74, 6) is 0.608. The summed E-state index contributed by atoms with van der Waals surface area (Å²) >= 11 is 0. The highest BCUT2D eigenvalue weighted by Gasteiger charge is 2.02. The van der Waals surface area contributed by atoms with Crippen LogP contribution in [0, 0.1) is 5.92 Å². The van der Waals surface area contributed by atoms with Crippen LogP contribution in [0.3, 0.4) is 0 Å². The number of carbonyl (C=O) groups is 2. The van der Waals surface area contributed by atoms with E-state index >= 15 is 0 Å². The molecule has 0 aromatic heterocycles. The molecule has 16 heavy (non-hydrogen) atoms. The number of nitrogens with one attached hydrogen (secondary N) is 1. The zero-order valence-electron chi connectivity index (χ0n) is 10.5. The monoisotopic (exact) mass is 229 g/mol. The second-order valence-electron chi connectivity index (χ2n) is 4.35. The van der Waals surface area contributed by atoms with Crippen molar-refractivity contribution in [2.75, 3.05) is 19.8 Å². The first kappa shape index (κ1) is 15.1. The molecule has 0 heterocycles. The summed E-state index contributed by atoms with van der Waals surface area (Å²) in [4.78, 5) is 21.8. The van der Waals surface area contributed by atoms with Gasteiger partial charge in [0.15, 0.2) is 0 Å². The Morgan fingerprint density at radius 3 is 2.44 bits per heavy atom. The zero-order chi connectivity index (χ0) is 12.4. The fraction of sp³-hybridized carbons (Fsp3) is 0.833. The molecule has 0 aliphatic heterocycles. The van der Waals surface area contributed by atoms with Crippen LogP contribution >= 0.6 is 0 Å². The van der Waals surface area contributed by atoms with Crippen LogP contribution in [0.2, 0.25) is 0 Å². The second-order valence-corrected chi connectivity index (χ2v) is 4.35. The maximum Gasteiger partial charge on any atom is 0.220 e. The van der Waals surface area contributed by atoms with Crippen molar-refractivity contribution >= 4 is 11.7 Å². The van der Waals surface area contributed by atoms with Crippen molar-refractivity contribution in [3.05, 3.63) is 0 Å². The fourth-order valence-electron chi connectivity index (χ4n) is 1.06. The molecule has 4 nitrogen and oxygen atoms in total. The number of rotatable bonds is 9. The maximum absolute atomic E-state index is 11.2. The van der Waals surface area contributed by atoms with E-state index in [9.17, 15) is 9.59 Å². The van der Waals surface area contributed by atoms with Gasteiger partial charge in [-0.3, -0.25) is 4.79 Å². The van der Waals surface area contributed by atoms with Crippen molar-refractivity contribution < 1.29 is 14.3 Å². The van der Waals surface area contributed by atoms with Gasteiger partial charge in [-0.05, 0) is 19.3 Å². The Kier molecular flexibility index (Phi) is 8.81. The Labute approximate surface area is 97.7 Å². The Balaban J connectivity index is 3.24. The van der Waals surface area contributed by atoms with Crippen molar-refractivity contribution in [3.8, 4) is 0 Å². The van der Waals surface area contributed by atoms with Crippen LogP contribution in [0.15, 0.2) is 0 Å². The number of hydrogen-bond donors (Lipinski definition) is 1. The Morgan fingerprint density at radius 2 is 1.88 bits per heavy atom. The third kappa shape index (κ3) is 11.2. The highest BCUT2D eigenvalue weighted by molar-refractivity contribution is 5.83. The molecule has 0 rings (SSSR count). The predicted molar refractivity (Wildman–Crippen MR) is 63.2 cm³/mol. The van der Waals surface area contributed by atoms with Crippen LogP contribution in [0.1, 0.15) is 40.0 Å². The minimum Gasteiger partial charge on any atom is -0.380 e. The van der Waals surface area contributed by atoms with Gasteiger partial charge in [0.1, 0.15) is 5.78 Å². The van der Waals surface area contributed by atoms with E-state index in [-0.39, 0.29) is 18.1 Å². The van der Waals surface area contributed by atoms with Crippen LogP contribution in [0.5, 0.6) is 0 Å². The number of hydrogen-bond acceptors (Lipinski definition) is 3. The SMILES string of the molecule is CC(=O)CCC(=O)NCCOCCC(C)C. The van der Waals surface area contributed by atoms with Crippen LogP contribution in [-0.4, -0.2) is 31.4 Å². The summed E-state index contributed by atoms with van der Waals surface area (Å²) in [7, 11) is 0. The van der Waals surface area contributed by atoms with Gasteiger partial charge in [-0.1, -0.05) is 13.8 Å². The molecule has 0 saturated carbocycles. The molecule has 0 aliphatic rings. The van der Waals surface area contributed by atoms with Gasteiger partial charge in [0.05, 0.1) is 6.61 Å². The van der Waals surface area contributed by atoms with E-state index in [1.54, 1.807) is 0 Å². The standard InChI is InChI=1S/C12H23NO3/c1-10(2)6-8-16-9-7-13-12(15)5-4-11(3)14/h10H,4-9H2,1-3H3,(H,13,15). The first-order chi connectivity index (χ1) is 7.52. The smallest absolute Gasteiger partial charge is 0.220 e. The number of Topliss-reactive ketones (excluding diaryl/α,β-unsaturated/α-hetero) is 1. The van der Waals surface area contributed by atoms with Gasteiger partial charge >= 0.3 is 0 Å². The van der Waals surface area contributed by atoms with Crippen molar-refractivity contribution in [1.29, 1.82) is 0 Å². The lowest BCUT2D eigenvalue weighted by Crippen LogP contribution is -2.27. The molecule has 1 N–H and O–H groups in total. The van der Waals surface area contributed by atoms with Crippen LogP contribution in [-0.2, 0) is 14.3 Å². The van der Waals surface area contributed by atoms with E-state index in [2.05, 4.69) is 19.2 Å². The Bertz CT molecular complexity index is 214. The van der Waals surface area contributed by atoms with E-state index in [0.717, 1.165) is 13.0 Å². The van der Waals surface area contributed by atoms with Gasteiger partial charge < -0.3 is 14.8 Å². The minimum absolute atomic E-state index is 0.0448. The molecular formula is C12H23NO3. The molecule has 0 spiro atoms. The summed E-state index contributed by atoms with van der Waals surface area (Å²) in [6.07, 6.45) is 1.64. The highest BCUT2D eigenvalue weighted by Crippen LogP contribution is 1.98. The molecule has 0 aliphatic carbocycles. The minimum atomic E-state index is -0.0809. The molecule has 0 aromatic rings. The molecule has 0 unspecified atom stereocenters. The molecule has 0 radical (unpaired) electrons. The average Bonchev–Trinajstić information content (AvgIpc) is 2.19. The third-order valence-electron chi connectivity index (χ3n) is 2.11. The van der Waals surface area contributed by atoms with Crippen molar-refractivity contribution in [2.24, 2.45) is 5.92 Å². The molecular weight excluding hydrogens is 206 g/mol. The highest BCUT2D eigenvalue weighted by atomic mass is 16.5. The number of ketones is 1. The topological polar surface area (TPSA) is 55.4 Å². The van der Waals surface area contributed by atoms with Gasteiger partial charge in [-0.2, -0.15) is 0 Å². The van der Waals surface area contributed by atoms with Gasteiger partial charge in [0, 0.05) is 26.0 Å². The van der Waals surface area contributed by atoms with Crippen molar-refractivity contribution in [3.63, 3.8) is 0 Å². The van der Waals surface area contributed by atoms with Crippen molar-refractivity contribution in [1.82, 2.24) is 5.32 Å². The lowest BCUT2D eigenvalue weighted by atomic mass is 10.1. The Hall–Kier alpha value is -0.900. The Morgan fingerprint density at radius 1 is 1.19 bits per heavy atom. The van der Waals surface area contributed by atoms with E-state index in [0.29, 0.717) is 25.5 Å². The summed E-state index contributed by atoms with van der Waals surface area (Å²) in [6.45, 7) is 7.58. The molecule has 94 valence electrons. The first-order valence-corrected chi connectivity index (χ1v) is 5.86. The summed E-state index contributed by atoms with van der Waals surface area (Å²) in [5.41, 5.74) is 0. The molecule has 0 saturated heterocycles. The molecule has 0 atom stereocenters. The second kappa shape index (κ2) is 9.33. The zero-order valence-corrected chi connectivity index (χ0v) is 10.5. The lowest BCUT2D eigenvalue weighted by Gasteiger charge is -2.07. The number of amides is 1. The van der Waals surface area contributed by atoms with Gasteiger partial charge in [-0.15, -0.1) is 0 Å². The molecule has 0 bridgehead atoms.